The Balaban J connectivity index is 1.31. The maximum atomic E-state index is 11.0. The summed E-state index contributed by atoms with van der Waals surface area (Å²) in [6.07, 6.45) is 5.24. The van der Waals surface area contributed by atoms with Crippen molar-refractivity contribution in [2.75, 3.05) is 18.0 Å². The van der Waals surface area contributed by atoms with Crippen LogP contribution in [0.3, 0.4) is 0 Å². The number of H-pyrrole nitrogens is 1. The number of hydrogen-bond acceptors (Lipinski definition) is 5. The van der Waals surface area contributed by atoms with Crippen LogP contribution in [0.1, 0.15) is 24.7 Å². The average molecular weight is 388 g/mol. The second-order valence-corrected chi connectivity index (χ2v) is 8.50. The van der Waals surface area contributed by atoms with Gasteiger partial charge in [0.15, 0.2) is 5.82 Å². The number of imidazole rings is 1. The smallest absolute Gasteiger partial charge is 0.156 e. The maximum absolute atomic E-state index is 11.0. The molecule has 29 heavy (non-hydrogen) atoms. The van der Waals surface area contributed by atoms with Gasteiger partial charge in [-0.25, -0.2) is 15.0 Å². The van der Waals surface area contributed by atoms with E-state index < -0.39 is 0 Å². The zero-order chi connectivity index (χ0) is 19.5. The van der Waals surface area contributed by atoms with E-state index in [0.717, 1.165) is 59.6 Å². The molecule has 1 aliphatic heterocycles. The van der Waals surface area contributed by atoms with E-state index in [4.69, 9.17) is 4.98 Å². The predicted octanol–water partition coefficient (Wildman–Crippen LogP) is 3.06. The Morgan fingerprint density at radius 3 is 2.76 bits per heavy atom. The summed E-state index contributed by atoms with van der Waals surface area (Å²) in [6.45, 7) is 3.85. The molecule has 3 aromatic heterocycles. The van der Waals surface area contributed by atoms with E-state index >= 15 is 0 Å². The minimum Gasteiger partial charge on any atom is -0.391 e. The SMILES string of the molecule is Cc1nc(N2C[C@H]3C[C@@H](n4cnc5ccccc54)[C@H](O)C[C@H]3C2)c2[nH]ccc2n1. The van der Waals surface area contributed by atoms with Gasteiger partial charge in [-0.15, -0.1) is 0 Å². The van der Waals surface area contributed by atoms with Crippen LogP contribution in [0.2, 0.25) is 0 Å². The number of nitrogens with zero attached hydrogens (tertiary/aromatic N) is 5. The summed E-state index contributed by atoms with van der Waals surface area (Å²) in [6, 6.07) is 10.2. The third kappa shape index (κ3) is 2.64. The van der Waals surface area contributed by atoms with Crippen molar-refractivity contribution in [1.29, 1.82) is 0 Å². The highest BCUT2D eigenvalue weighted by atomic mass is 16.3. The predicted molar refractivity (Wildman–Crippen MR) is 112 cm³/mol. The Labute approximate surface area is 168 Å². The molecule has 2 N–H and O–H groups in total. The Kier molecular flexibility index (Phi) is 3.68. The minimum absolute atomic E-state index is 0.0706. The summed E-state index contributed by atoms with van der Waals surface area (Å²) in [5, 5.41) is 11.0. The number of aromatic amines is 1. The Morgan fingerprint density at radius 1 is 1.03 bits per heavy atom. The molecule has 0 bridgehead atoms. The van der Waals surface area contributed by atoms with Crippen LogP contribution in [0.4, 0.5) is 5.82 Å². The molecule has 4 atom stereocenters. The molecular formula is C22H24N6O. The minimum atomic E-state index is -0.355. The van der Waals surface area contributed by atoms with E-state index in [-0.39, 0.29) is 12.1 Å². The summed E-state index contributed by atoms with van der Waals surface area (Å²) in [7, 11) is 0. The Hall–Kier alpha value is -2.93. The van der Waals surface area contributed by atoms with E-state index in [9.17, 15) is 5.11 Å². The van der Waals surface area contributed by atoms with Crippen LogP contribution in [0, 0.1) is 18.8 Å². The fourth-order valence-electron chi connectivity index (χ4n) is 5.39. The molecule has 4 aromatic rings. The van der Waals surface area contributed by atoms with Crippen molar-refractivity contribution in [3.8, 4) is 0 Å². The molecule has 0 amide bonds. The summed E-state index contributed by atoms with van der Waals surface area (Å²) in [5.41, 5.74) is 4.06. The van der Waals surface area contributed by atoms with Gasteiger partial charge in [0.2, 0.25) is 0 Å². The van der Waals surface area contributed by atoms with E-state index in [1.807, 2.05) is 43.7 Å². The van der Waals surface area contributed by atoms with E-state index in [1.54, 1.807) is 0 Å². The van der Waals surface area contributed by atoms with Crippen molar-refractivity contribution in [3.05, 3.63) is 48.7 Å². The first-order valence-electron chi connectivity index (χ1n) is 10.3. The van der Waals surface area contributed by atoms with Crippen molar-refractivity contribution < 1.29 is 5.11 Å². The van der Waals surface area contributed by atoms with Crippen molar-refractivity contribution in [2.24, 2.45) is 11.8 Å². The number of aliphatic hydroxyl groups is 1. The number of nitrogens with one attached hydrogen (secondary N) is 1. The maximum Gasteiger partial charge on any atom is 0.156 e. The first-order chi connectivity index (χ1) is 14.2. The van der Waals surface area contributed by atoms with Crippen molar-refractivity contribution >= 4 is 27.9 Å². The lowest BCUT2D eigenvalue weighted by molar-refractivity contribution is 0.0375. The molecule has 7 heteroatoms. The van der Waals surface area contributed by atoms with Gasteiger partial charge in [-0.1, -0.05) is 12.1 Å². The molecule has 1 aromatic carbocycles. The highest BCUT2D eigenvalue weighted by Gasteiger charge is 2.43. The quantitative estimate of drug-likeness (QED) is 0.551. The second-order valence-electron chi connectivity index (χ2n) is 8.50. The number of aliphatic hydroxyl groups excluding tert-OH is 1. The molecule has 4 heterocycles. The number of anilines is 1. The number of hydrogen-bond donors (Lipinski definition) is 2. The average Bonchev–Trinajstić information content (AvgIpc) is 3.44. The van der Waals surface area contributed by atoms with E-state index in [1.165, 1.54) is 0 Å². The van der Waals surface area contributed by atoms with Gasteiger partial charge in [0.05, 0.1) is 35.0 Å². The van der Waals surface area contributed by atoms with E-state index in [0.29, 0.717) is 11.8 Å². The normalized spacial score (nSPS) is 27.0. The molecule has 1 saturated heterocycles. The molecule has 0 unspecified atom stereocenters. The molecule has 0 spiro atoms. The molecule has 6 rings (SSSR count). The van der Waals surface area contributed by atoms with Crippen LogP contribution in [0.5, 0.6) is 0 Å². The molecule has 1 aliphatic carbocycles. The molecule has 2 aliphatic rings. The van der Waals surface area contributed by atoms with Gasteiger partial charge < -0.3 is 19.6 Å². The molecule has 7 nitrogen and oxygen atoms in total. The van der Waals surface area contributed by atoms with Crippen molar-refractivity contribution in [3.63, 3.8) is 0 Å². The fraction of sp³-hybridized carbons (Fsp3) is 0.409. The van der Waals surface area contributed by atoms with Gasteiger partial charge in [0.1, 0.15) is 11.3 Å². The fourth-order valence-corrected chi connectivity index (χ4v) is 5.39. The van der Waals surface area contributed by atoms with Gasteiger partial charge in [-0.05, 0) is 49.8 Å². The topological polar surface area (TPSA) is 82.9 Å². The monoisotopic (exact) mass is 388 g/mol. The highest BCUT2D eigenvalue weighted by Crippen LogP contribution is 2.43. The molecule has 1 saturated carbocycles. The molecule has 148 valence electrons. The number of para-hydroxylation sites is 2. The van der Waals surface area contributed by atoms with Crippen LogP contribution >= 0.6 is 0 Å². The summed E-state index contributed by atoms with van der Waals surface area (Å²) in [5.74, 6) is 2.80. The Bertz CT molecular complexity index is 1200. The molecule has 2 fully saturated rings. The van der Waals surface area contributed by atoms with Gasteiger partial charge in [0, 0.05) is 19.3 Å². The van der Waals surface area contributed by atoms with Crippen molar-refractivity contribution in [1.82, 2.24) is 24.5 Å². The summed E-state index contributed by atoms with van der Waals surface area (Å²) < 4.78 is 2.18. The zero-order valence-electron chi connectivity index (χ0n) is 16.4. The first-order valence-corrected chi connectivity index (χ1v) is 10.3. The second kappa shape index (κ2) is 6.29. The first kappa shape index (κ1) is 17.0. The lowest BCUT2D eigenvalue weighted by Crippen LogP contribution is -2.36. The summed E-state index contributed by atoms with van der Waals surface area (Å²) in [4.78, 5) is 19.5. The van der Waals surface area contributed by atoms with Crippen LogP contribution in [-0.4, -0.2) is 48.8 Å². The molecular weight excluding hydrogens is 364 g/mol. The lowest BCUT2D eigenvalue weighted by Gasteiger charge is -2.36. The molecule has 0 radical (unpaired) electrons. The van der Waals surface area contributed by atoms with E-state index in [2.05, 4.69) is 30.5 Å². The lowest BCUT2D eigenvalue weighted by atomic mass is 9.77. The number of fused-ring (bicyclic) bond motifs is 3. The van der Waals surface area contributed by atoms with Gasteiger partial charge >= 0.3 is 0 Å². The van der Waals surface area contributed by atoms with Gasteiger partial charge in [-0.3, -0.25) is 0 Å². The number of benzene rings is 1. The largest absolute Gasteiger partial charge is 0.391 e. The van der Waals surface area contributed by atoms with Crippen LogP contribution in [-0.2, 0) is 0 Å². The zero-order valence-corrected chi connectivity index (χ0v) is 16.4. The number of aromatic nitrogens is 5. The third-order valence-corrected chi connectivity index (χ3v) is 6.75. The Morgan fingerprint density at radius 2 is 1.86 bits per heavy atom. The standard InChI is InChI=1S/C22H24N6O/c1-13-25-17-6-7-23-21(17)22(26-13)27-10-14-8-19(20(29)9-15(14)11-27)28-12-24-16-4-2-3-5-18(16)28/h2-7,12,14-15,19-20,23,29H,8-11H2,1H3/t14-,15+,19-,20-/m1/s1. The third-order valence-electron chi connectivity index (χ3n) is 6.75. The van der Waals surface area contributed by atoms with Crippen LogP contribution in [0.25, 0.3) is 22.1 Å². The van der Waals surface area contributed by atoms with Gasteiger partial charge in [0.25, 0.3) is 0 Å². The summed E-state index contributed by atoms with van der Waals surface area (Å²) >= 11 is 0. The highest BCUT2D eigenvalue weighted by molar-refractivity contribution is 5.86. The van der Waals surface area contributed by atoms with Crippen LogP contribution < -0.4 is 4.90 Å². The van der Waals surface area contributed by atoms with Crippen LogP contribution in [0.15, 0.2) is 42.9 Å². The number of aryl methyl sites for hydroxylation is 1. The van der Waals surface area contributed by atoms with Crippen molar-refractivity contribution in [2.45, 2.75) is 31.9 Å². The van der Waals surface area contributed by atoms with Gasteiger partial charge in [-0.2, -0.15) is 0 Å². The number of rotatable bonds is 2.